The topological polar surface area (TPSA) is 71.2 Å². The number of carboxylic acid groups (broad SMARTS) is 1. The van der Waals surface area contributed by atoms with E-state index in [9.17, 15) is 4.79 Å². The Morgan fingerprint density at radius 2 is 2.15 bits per heavy atom. The summed E-state index contributed by atoms with van der Waals surface area (Å²) in [5.74, 6) is -0.540. The van der Waals surface area contributed by atoms with Gasteiger partial charge >= 0.3 is 5.97 Å². The van der Waals surface area contributed by atoms with Crippen LogP contribution in [0.2, 0.25) is 0 Å². The van der Waals surface area contributed by atoms with Crippen LogP contribution >= 0.6 is 0 Å². The Bertz CT molecular complexity index is 966. The lowest BCUT2D eigenvalue weighted by Gasteiger charge is -2.33. The second-order valence-corrected chi connectivity index (χ2v) is 7.32. The quantitative estimate of drug-likeness (QED) is 0.753. The number of benzene rings is 1. The SMILES string of the molecule is Cc1ccc(CN2CCC[C@@H](c3ccnn3CC(=O)O)C2)c2cccnc12. The molecule has 4 rings (SSSR count). The summed E-state index contributed by atoms with van der Waals surface area (Å²) in [7, 11) is 0. The van der Waals surface area contributed by atoms with E-state index >= 15 is 0 Å². The molecular formula is C21H24N4O2. The molecule has 0 unspecified atom stereocenters. The van der Waals surface area contributed by atoms with Crippen LogP contribution in [0, 0.1) is 6.92 Å². The number of aliphatic carboxylic acids is 1. The van der Waals surface area contributed by atoms with Crippen molar-refractivity contribution in [3.63, 3.8) is 0 Å². The zero-order valence-corrected chi connectivity index (χ0v) is 15.5. The Hall–Kier alpha value is -2.73. The lowest BCUT2D eigenvalue weighted by Crippen LogP contribution is -2.35. The minimum absolute atomic E-state index is 0.0763. The average molecular weight is 364 g/mol. The Morgan fingerprint density at radius 1 is 1.26 bits per heavy atom. The first kappa shape index (κ1) is 17.7. The van der Waals surface area contributed by atoms with Gasteiger partial charge in [0.1, 0.15) is 6.54 Å². The second kappa shape index (κ2) is 7.48. The van der Waals surface area contributed by atoms with Crippen LogP contribution in [0.5, 0.6) is 0 Å². The summed E-state index contributed by atoms with van der Waals surface area (Å²) in [6.07, 6.45) is 5.72. The van der Waals surface area contributed by atoms with Gasteiger partial charge in [-0.3, -0.25) is 19.4 Å². The van der Waals surface area contributed by atoms with Crippen molar-refractivity contribution in [3.05, 3.63) is 59.5 Å². The fourth-order valence-electron chi connectivity index (χ4n) is 4.14. The van der Waals surface area contributed by atoms with Crippen molar-refractivity contribution in [1.29, 1.82) is 0 Å². The Kier molecular flexibility index (Phi) is 4.90. The Balaban J connectivity index is 1.54. The number of piperidine rings is 1. The molecule has 1 fully saturated rings. The number of likely N-dealkylation sites (tertiary alicyclic amines) is 1. The van der Waals surface area contributed by atoms with E-state index in [0.717, 1.165) is 43.7 Å². The zero-order valence-electron chi connectivity index (χ0n) is 15.5. The van der Waals surface area contributed by atoms with Crippen LogP contribution in [0.4, 0.5) is 0 Å². The number of rotatable bonds is 5. The number of aryl methyl sites for hydroxylation is 1. The van der Waals surface area contributed by atoms with E-state index in [1.54, 1.807) is 10.9 Å². The summed E-state index contributed by atoms with van der Waals surface area (Å²) in [4.78, 5) is 18.1. The third-order valence-electron chi connectivity index (χ3n) is 5.41. The largest absolute Gasteiger partial charge is 0.480 e. The van der Waals surface area contributed by atoms with E-state index in [4.69, 9.17) is 5.11 Å². The molecule has 1 aliphatic heterocycles. The lowest BCUT2D eigenvalue weighted by atomic mass is 9.94. The molecule has 1 saturated heterocycles. The maximum Gasteiger partial charge on any atom is 0.325 e. The van der Waals surface area contributed by atoms with Gasteiger partial charge in [0.05, 0.1) is 5.52 Å². The average Bonchev–Trinajstić information content (AvgIpc) is 3.12. The van der Waals surface area contributed by atoms with E-state index in [0.29, 0.717) is 5.92 Å². The minimum Gasteiger partial charge on any atom is -0.480 e. The number of aromatic nitrogens is 3. The molecule has 2 aromatic heterocycles. The maximum atomic E-state index is 11.1. The molecule has 1 aromatic carbocycles. The van der Waals surface area contributed by atoms with Gasteiger partial charge in [-0.15, -0.1) is 0 Å². The zero-order chi connectivity index (χ0) is 18.8. The fourth-order valence-corrected chi connectivity index (χ4v) is 4.14. The molecule has 140 valence electrons. The highest BCUT2D eigenvalue weighted by Crippen LogP contribution is 2.29. The molecule has 6 nitrogen and oxygen atoms in total. The van der Waals surface area contributed by atoms with Crippen LogP contribution in [-0.2, 0) is 17.9 Å². The van der Waals surface area contributed by atoms with Crippen molar-refractivity contribution < 1.29 is 9.90 Å². The second-order valence-electron chi connectivity index (χ2n) is 7.32. The summed E-state index contributed by atoms with van der Waals surface area (Å²) in [5.41, 5.74) is 4.59. The van der Waals surface area contributed by atoms with E-state index < -0.39 is 5.97 Å². The van der Waals surface area contributed by atoms with E-state index in [-0.39, 0.29) is 6.54 Å². The predicted octanol–water partition coefficient (Wildman–Crippen LogP) is 3.20. The molecule has 0 amide bonds. The minimum atomic E-state index is -0.855. The summed E-state index contributed by atoms with van der Waals surface area (Å²) in [6.45, 7) is 4.87. The molecule has 3 heterocycles. The molecule has 1 N–H and O–H groups in total. The van der Waals surface area contributed by atoms with Gasteiger partial charge in [-0.05, 0) is 49.6 Å². The molecule has 0 spiro atoms. The molecule has 3 aromatic rings. The third-order valence-corrected chi connectivity index (χ3v) is 5.41. The van der Waals surface area contributed by atoms with E-state index in [1.165, 1.54) is 16.5 Å². The molecule has 0 radical (unpaired) electrons. The van der Waals surface area contributed by atoms with Gasteiger partial charge in [0.2, 0.25) is 0 Å². The number of fused-ring (bicyclic) bond motifs is 1. The van der Waals surface area contributed by atoms with Crippen molar-refractivity contribution in [2.24, 2.45) is 0 Å². The standard InChI is InChI=1S/C21H24N4O2/c1-15-6-7-16(18-5-2-9-22-21(15)18)12-24-11-3-4-17(13-24)19-8-10-23-25(19)14-20(26)27/h2,5-10,17H,3-4,11-14H2,1H3,(H,26,27)/t17-/m1/s1. The summed E-state index contributed by atoms with van der Waals surface area (Å²) in [6, 6.07) is 10.5. The van der Waals surface area contributed by atoms with Crippen LogP contribution in [-0.4, -0.2) is 43.8 Å². The van der Waals surface area contributed by atoms with Crippen LogP contribution in [0.1, 0.15) is 35.6 Å². The van der Waals surface area contributed by atoms with Crippen molar-refractivity contribution in [3.8, 4) is 0 Å². The Labute approximate surface area is 158 Å². The number of hydrogen-bond acceptors (Lipinski definition) is 4. The molecule has 0 aliphatic carbocycles. The Morgan fingerprint density at radius 3 is 3.00 bits per heavy atom. The molecule has 6 heteroatoms. The first-order valence-corrected chi connectivity index (χ1v) is 9.41. The molecule has 0 bridgehead atoms. The van der Waals surface area contributed by atoms with Gasteiger partial charge in [-0.2, -0.15) is 5.10 Å². The number of carbonyl (C=O) groups is 1. The highest BCUT2D eigenvalue weighted by atomic mass is 16.4. The van der Waals surface area contributed by atoms with Crippen LogP contribution in [0.3, 0.4) is 0 Å². The van der Waals surface area contributed by atoms with Gasteiger partial charge in [0, 0.05) is 42.5 Å². The van der Waals surface area contributed by atoms with Gasteiger partial charge < -0.3 is 5.11 Å². The predicted molar refractivity (Wildman–Crippen MR) is 104 cm³/mol. The molecule has 1 atom stereocenters. The summed E-state index contributed by atoms with van der Waals surface area (Å²) >= 11 is 0. The monoisotopic (exact) mass is 364 g/mol. The van der Waals surface area contributed by atoms with Gasteiger partial charge in [0.15, 0.2) is 0 Å². The van der Waals surface area contributed by atoms with Gasteiger partial charge in [0.25, 0.3) is 0 Å². The summed E-state index contributed by atoms with van der Waals surface area (Å²) in [5, 5.41) is 14.5. The van der Waals surface area contributed by atoms with E-state index in [1.807, 2.05) is 18.3 Å². The van der Waals surface area contributed by atoms with Crippen molar-refractivity contribution in [2.75, 3.05) is 13.1 Å². The fraction of sp³-hybridized carbons (Fsp3) is 0.381. The van der Waals surface area contributed by atoms with Crippen LogP contribution in [0.15, 0.2) is 42.7 Å². The van der Waals surface area contributed by atoms with Crippen molar-refractivity contribution in [1.82, 2.24) is 19.7 Å². The van der Waals surface area contributed by atoms with Crippen molar-refractivity contribution >= 4 is 16.9 Å². The highest BCUT2D eigenvalue weighted by molar-refractivity contribution is 5.84. The summed E-state index contributed by atoms with van der Waals surface area (Å²) < 4.78 is 1.63. The van der Waals surface area contributed by atoms with Gasteiger partial charge in [-0.25, -0.2) is 0 Å². The maximum absolute atomic E-state index is 11.1. The number of hydrogen-bond donors (Lipinski definition) is 1. The van der Waals surface area contributed by atoms with Crippen molar-refractivity contribution in [2.45, 2.75) is 38.8 Å². The number of nitrogens with zero attached hydrogens (tertiary/aromatic N) is 4. The number of carboxylic acids is 1. The van der Waals surface area contributed by atoms with Gasteiger partial charge in [-0.1, -0.05) is 18.2 Å². The smallest absolute Gasteiger partial charge is 0.325 e. The first-order chi connectivity index (χ1) is 13.1. The molecular weight excluding hydrogens is 340 g/mol. The van der Waals surface area contributed by atoms with E-state index in [2.05, 4.69) is 40.1 Å². The number of pyridine rings is 1. The lowest BCUT2D eigenvalue weighted by molar-refractivity contribution is -0.137. The third kappa shape index (κ3) is 3.71. The highest BCUT2D eigenvalue weighted by Gasteiger charge is 2.25. The molecule has 27 heavy (non-hydrogen) atoms. The normalized spacial score (nSPS) is 18.0. The van der Waals surface area contributed by atoms with Crippen LogP contribution < -0.4 is 0 Å². The molecule has 0 saturated carbocycles. The molecule has 1 aliphatic rings. The first-order valence-electron chi connectivity index (χ1n) is 9.41. The van der Waals surface area contributed by atoms with Crippen LogP contribution in [0.25, 0.3) is 10.9 Å².